The predicted molar refractivity (Wildman–Crippen MR) is 68.6 cm³/mol. The number of nitrogens with two attached hydrogens (primary N) is 1. The minimum Gasteiger partial charge on any atom is -0.352 e. The number of carbonyl (C=O) groups excluding carboxylic acids is 1. The summed E-state index contributed by atoms with van der Waals surface area (Å²) in [5, 5.41) is 2.95. The Kier molecular flexibility index (Phi) is 6.25. The molecule has 0 spiro atoms. The van der Waals surface area contributed by atoms with Gasteiger partial charge >= 0.3 is 0 Å². The summed E-state index contributed by atoms with van der Waals surface area (Å²) in [5.74, 6) is 0.446. The Morgan fingerprint density at radius 2 is 2.12 bits per heavy atom. The van der Waals surface area contributed by atoms with Gasteiger partial charge in [0.2, 0.25) is 0 Å². The van der Waals surface area contributed by atoms with E-state index in [4.69, 9.17) is 5.73 Å². The van der Waals surface area contributed by atoms with Crippen LogP contribution in [0.2, 0.25) is 0 Å². The summed E-state index contributed by atoms with van der Waals surface area (Å²) in [5.41, 5.74) is 6.21. The maximum absolute atomic E-state index is 11.8. The van der Waals surface area contributed by atoms with Gasteiger partial charge in [0.1, 0.15) is 0 Å². The van der Waals surface area contributed by atoms with Crippen LogP contribution in [-0.2, 0) is 0 Å². The maximum atomic E-state index is 11.8. The van der Waals surface area contributed by atoms with Crippen LogP contribution in [0.5, 0.6) is 0 Å². The van der Waals surface area contributed by atoms with Gasteiger partial charge in [0.25, 0.3) is 5.91 Å². The molecule has 1 rings (SSSR count). The van der Waals surface area contributed by atoms with E-state index in [1.54, 1.807) is 24.5 Å². The molecule has 0 saturated carbocycles. The van der Waals surface area contributed by atoms with Crippen LogP contribution in [0.3, 0.4) is 0 Å². The number of amides is 1. The van der Waals surface area contributed by atoms with Crippen LogP contribution in [0.4, 0.5) is 0 Å². The molecule has 1 unspecified atom stereocenters. The molecule has 1 aromatic rings. The van der Waals surface area contributed by atoms with Gasteiger partial charge in [-0.3, -0.25) is 9.78 Å². The Morgan fingerprint density at radius 3 is 2.71 bits per heavy atom. The first-order valence-corrected chi connectivity index (χ1v) is 6.16. The van der Waals surface area contributed by atoms with Crippen molar-refractivity contribution in [3.8, 4) is 0 Å². The average molecular weight is 235 g/mol. The van der Waals surface area contributed by atoms with Crippen molar-refractivity contribution in [3.05, 3.63) is 30.1 Å². The van der Waals surface area contributed by atoms with Gasteiger partial charge in [-0.05, 0) is 37.4 Å². The van der Waals surface area contributed by atoms with Crippen molar-refractivity contribution < 1.29 is 4.79 Å². The zero-order valence-electron chi connectivity index (χ0n) is 10.4. The summed E-state index contributed by atoms with van der Waals surface area (Å²) in [4.78, 5) is 15.7. The smallest absolute Gasteiger partial charge is 0.251 e. The molecule has 0 aromatic carbocycles. The van der Waals surface area contributed by atoms with Gasteiger partial charge in [0, 0.05) is 24.5 Å². The first-order valence-electron chi connectivity index (χ1n) is 6.16. The molecule has 1 amide bonds. The van der Waals surface area contributed by atoms with Crippen molar-refractivity contribution >= 4 is 5.91 Å². The van der Waals surface area contributed by atoms with E-state index in [0.717, 1.165) is 19.3 Å². The molecule has 0 bridgehead atoms. The number of nitrogens with zero attached hydrogens (tertiary/aromatic N) is 1. The lowest BCUT2D eigenvalue weighted by molar-refractivity contribution is 0.0945. The Hall–Kier alpha value is -1.42. The zero-order valence-corrected chi connectivity index (χ0v) is 10.4. The fourth-order valence-corrected chi connectivity index (χ4v) is 1.83. The molecule has 1 aromatic heterocycles. The Labute approximate surface area is 103 Å². The number of rotatable bonds is 7. The van der Waals surface area contributed by atoms with Gasteiger partial charge in [-0.1, -0.05) is 13.3 Å². The SMILES string of the molecule is CCCC(CCN)CNC(=O)c1ccncc1. The van der Waals surface area contributed by atoms with Crippen molar-refractivity contribution in [1.29, 1.82) is 0 Å². The van der Waals surface area contributed by atoms with Crippen molar-refractivity contribution in [2.24, 2.45) is 11.7 Å². The van der Waals surface area contributed by atoms with Gasteiger partial charge in [-0.2, -0.15) is 0 Å². The van der Waals surface area contributed by atoms with E-state index >= 15 is 0 Å². The second kappa shape index (κ2) is 7.79. The number of hydrogen-bond acceptors (Lipinski definition) is 3. The number of hydrogen-bond donors (Lipinski definition) is 2. The Balaban J connectivity index is 2.41. The van der Waals surface area contributed by atoms with E-state index in [0.29, 0.717) is 24.6 Å². The van der Waals surface area contributed by atoms with Crippen LogP contribution in [0, 0.1) is 5.92 Å². The maximum Gasteiger partial charge on any atom is 0.251 e. The third-order valence-electron chi connectivity index (χ3n) is 2.77. The first-order chi connectivity index (χ1) is 8.27. The van der Waals surface area contributed by atoms with Crippen LogP contribution < -0.4 is 11.1 Å². The molecule has 0 radical (unpaired) electrons. The zero-order chi connectivity index (χ0) is 12.5. The normalized spacial score (nSPS) is 12.1. The summed E-state index contributed by atoms with van der Waals surface area (Å²) >= 11 is 0. The van der Waals surface area contributed by atoms with Crippen LogP contribution >= 0.6 is 0 Å². The molecular formula is C13H21N3O. The van der Waals surface area contributed by atoms with Crippen molar-refractivity contribution in [2.45, 2.75) is 26.2 Å². The minimum absolute atomic E-state index is 0.0366. The van der Waals surface area contributed by atoms with Gasteiger partial charge in [0.15, 0.2) is 0 Å². The molecule has 17 heavy (non-hydrogen) atoms. The molecule has 4 heteroatoms. The summed E-state index contributed by atoms with van der Waals surface area (Å²) in [6.07, 6.45) is 6.44. The number of aromatic nitrogens is 1. The van der Waals surface area contributed by atoms with E-state index in [-0.39, 0.29) is 5.91 Å². The highest BCUT2D eigenvalue weighted by atomic mass is 16.1. The lowest BCUT2D eigenvalue weighted by Crippen LogP contribution is -2.30. The number of nitrogens with one attached hydrogen (secondary N) is 1. The number of carbonyl (C=O) groups is 1. The first kappa shape index (κ1) is 13.6. The minimum atomic E-state index is -0.0366. The molecule has 1 atom stereocenters. The molecule has 0 aliphatic carbocycles. The van der Waals surface area contributed by atoms with Crippen LogP contribution in [0.25, 0.3) is 0 Å². The van der Waals surface area contributed by atoms with Gasteiger partial charge < -0.3 is 11.1 Å². The van der Waals surface area contributed by atoms with Crippen LogP contribution in [0.15, 0.2) is 24.5 Å². The average Bonchev–Trinajstić information content (AvgIpc) is 2.37. The van der Waals surface area contributed by atoms with E-state index < -0.39 is 0 Å². The molecule has 0 aliphatic heterocycles. The molecule has 0 saturated heterocycles. The highest BCUT2D eigenvalue weighted by Crippen LogP contribution is 2.09. The van der Waals surface area contributed by atoms with E-state index in [2.05, 4.69) is 17.2 Å². The quantitative estimate of drug-likeness (QED) is 0.754. The molecule has 1 heterocycles. The number of pyridine rings is 1. The van der Waals surface area contributed by atoms with Crippen molar-refractivity contribution in [3.63, 3.8) is 0 Å². The van der Waals surface area contributed by atoms with Crippen LogP contribution in [-0.4, -0.2) is 24.0 Å². The molecule has 3 N–H and O–H groups in total. The van der Waals surface area contributed by atoms with Crippen molar-refractivity contribution in [1.82, 2.24) is 10.3 Å². The third kappa shape index (κ3) is 4.95. The summed E-state index contributed by atoms with van der Waals surface area (Å²) < 4.78 is 0. The lowest BCUT2D eigenvalue weighted by Gasteiger charge is -2.15. The lowest BCUT2D eigenvalue weighted by atomic mass is 10.00. The van der Waals surface area contributed by atoms with E-state index in [9.17, 15) is 4.79 Å². The standard InChI is InChI=1S/C13H21N3O/c1-2-3-11(4-7-14)10-16-13(17)12-5-8-15-9-6-12/h5-6,8-9,11H,2-4,7,10,14H2,1H3,(H,16,17). The Bertz CT molecular complexity index is 321. The van der Waals surface area contributed by atoms with Crippen molar-refractivity contribution in [2.75, 3.05) is 13.1 Å². The molecule has 0 fully saturated rings. The second-order valence-electron chi connectivity index (χ2n) is 4.18. The predicted octanol–water partition coefficient (Wildman–Crippen LogP) is 1.58. The van der Waals surface area contributed by atoms with E-state index in [1.165, 1.54) is 0 Å². The largest absolute Gasteiger partial charge is 0.352 e. The highest BCUT2D eigenvalue weighted by molar-refractivity contribution is 5.93. The summed E-state index contributed by atoms with van der Waals surface area (Å²) in [6.45, 7) is 3.52. The van der Waals surface area contributed by atoms with Crippen LogP contribution in [0.1, 0.15) is 36.5 Å². The van der Waals surface area contributed by atoms with Gasteiger partial charge in [-0.15, -0.1) is 0 Å². The highest BCUT2D eigenvalue weighted by Gasteiger charge is 2.10. The summed E-state index contributed by atoms with van der Waals surface area (Å²) in [6, 6.07) is 3.43. The monoisotopic (exact) mass is 235 g/mol. The van der Waals surface area contributed by atoms with Gasteiger partial charge in [-0.25, -0.2) is 0 Å². The Morgan fingerprint density at radius 1 is 1.41 bits per heavy atom. The second-order valence-corrected chi connectivity index (χ2v) is 4.18. The summed E-state index contributed by atoms with van der Waals surface area (Å²) in [7, 11) is 0. The topological polar surface area (TPSA) is 68.0 Å². The molecular weight excluding hydrogens is 214 g/mol. The molecule has 0 aliphatic rings. The van der Waals surface area contributed by atoms with Gasteiger partial charge in [0.05, 0.1) is 0 Å². The van der Waals surface area contributed by atoms with E-state index in [1.807, 2.05) is 0 Å². The molecule has 4 nitrogen and oxygen atoms in total. The fraction of sp³-hybridized carbons (Fsp3) is 0.538. The fourth-order valence-electron chi connectivity index (χ4n) is 1.83. The third-order valence-corrected chi connectivity index (χ3v) is 2.77. The molecule has 94 valence electrons.